The number of nitrogens with one attached hydrogen (secondary N) is 1. The number of aliphatic carboxylic acids is 1. The van der Waals surface area contributed by atoms with Gasteiger partial charge in [0.1, 0.15) is 11.8 Å². The van der Waals surface area contributed by atoms with E-state index < -0.39 is 12.0 Å². The van der Waals surface area contributed by atoms with Gasteiger partial charge in [0.05, 0.1) is 13.7 Å². The van der Waals surface area contributed by atoms with Crippen molar-refractivity contribution in [2.75, 3.05) is 25.5 Å². The van der Waals surface area contributed by atoms with Crippen molar-refractivity contribution in [2.24, 2.45) is 0 Å². The molecule has 1 atom stereocenters. The minimum Gasteiger partial charge on any atom is -0.497 e. The van der Waals surface area contributed by atoms with Crippen LogP contribution in [0.4, 0.5) is 5.69 Å². The molecule has 1 saturated heterocycles. The molecule has 2 N–H and O–H groups in total. The fourth-order valence-corrected chi connectivity index (χ4v) is 2.35. The van der Waals surface area contributed by atoms with Gasteiger partial charge in [0.15, 0.2) is 0 Å². The summed E-state index contributed by atoms with van der Waals surface area (Å²) >= 11 is 0. The predicted molar refractivity (Wildman–Crippen MR) is 81.1 cm³/mol. The number of likely N-dealkylation sites (tertiary alicyclic amines) is 1. The first-order valence-corrected chi connectivity index (χ1v) is 6.51. The van der Waals surface area contributed by atoms with E-state index in [1.54, 1.807) is 36.3 Å². The highest BCUT2D eigenvalue weighted by atomic mass is 35.5. The molecule has 0 saturated carbocycles. The quantitative estimate of drug-likeness (QED) is 0.863. The second-order valence-electron chi connectivity index (χ2n) is 4.74. The Morgan fingerprint density at radius 3 is 2.62 bits per heavy atom. The van der Waals surface area contributed by atoms with Crippen LogP contribution >= 0.6 is 12.4 Å². The maximum Gasteiger partial charge on any atom is 0.320 e. The number of carbonyl (C=O) groups excluding carboxylic acids is 1. The van der Waals surface area contributed by atoms with Gasteiger partial charge in [0.2, 0.25) is 5.91 Å². The van der Waals surface area contributed by atoms with Gasteiger partial charge in [0, 0.05) is 5.69 Å². The highest BCUT2D eigenvalue weighted by Crippen LogP contribution is 2.18. The van der Waals surface area contributed by atoms with Gasteiger partial charge >= 0.3 is 5.97 Å². The Kier molecular flexibility index (Phi) is 6.45. The molecule has 0 aromatic heterocycles. The molecule has 1 aliphatic heterocycles. The Labute approximate surface area is 129 Å². The van der Waals surface area contributed by atoms with Gasteiger partial charge in [-0.05, 0) is 43.7 Å². The number of methoxy groups -OCH3 is 1. The molecular weight excluding hydrogens is 296 g/mol. The fourth-order valence-electron chi connectivity index (χ4n) is 2.35. The zero-order valence-corrected chi connectivity index (χ0v) is 12.6. The second kappa shape index (κ2) is 7.85. The first-order chi connectivity index (χ1) is 9.60. The summed E-state index contributed by atoms with van der Waals surface area (Å²) in [7, 11) is 1.58. The number of hydrogen-bond donors (Lipinski definition) is 2. The summed E-state index contributed by atoms with van der Waals surface area (Å²) in [6, 6.07) is 6.46. The number of amides is 1. The lowest BCUT2D eigenvalue weighted by Crippen LogP contribution is -2.40. The maximum absolute atomic E-state index is 11.9. The molecule has 6 nitrogen and oxygen atoms in total. The number of hydrogen-bond acceptors (Lipinski definition) is 4. The van der Waals surface area contributed by atoms with Crippen LogP contribution in [0.25, 0.3) is 0 Å². The topological polar surface area (TPSA) is 78.9 Å². The van der Waals surface area contributed by atoms with E-state index in [1.165, 1.54) is 0 Å². The lowest BCUT2D eigenvalue weighted by atomic mass is 10.2. The van der Waals surface area contributed by atoms with Crippen molar-refractivity contribution in [2.45, 2.75) is 18.9 Å². The first kappa shape index (κ1) is 17.3. The summed E-state index contributed by atoms with van der Waals surface area (Å²) in [4.78, 5) is 24.6. The van der Waals surface area contributed by atoms with Crippen LogP contribution in [0.5, 0.6) is 5.75 Å². The molecule has 0 aliphatic carbocycles. The molecule has 1 unspecified atom stereocenters. The van der Waals surface area contributed by atoms with E-state index in [4.69, 9.17) is 9.84 Å². The molecule has 1 aliphatic rings. The molecule has 1 heterocycles. The average molecular weight is 315 g/mol. The van der Waals surface area contributed by atoms with Gasteiger partial charge in [-0.1, -0.05) is 0 Å². The molecule has 1 fully saturated rings. The molecule has 21 heavy (non-hydrogen) atoms. The molecule has 1 aromatic rings. The van der Waals surface area contributed by atoms with Crippen LogP contribution in [0.2, 0.25) is 0 Å². The smallest absolute Gasteiger partial charge is 0.320 e. The van der Waals surface area contributed by atoms with E-state index in [2.05, 4.69) is 5.32 Å². The van der Waals surface area contributed by atoms with Crippen LogP contribution in [0, 0.1) is 0 Å². The number of carbonyl (C=O) groups is 2. The second-order valence-corrected chi connectivity index (χ2v) is 4.74. The van der Waals surface area contributed by atoms with Crippen LogP contribution in [0.15, 0.2) is 24.3 Å². The Bertz CT molecular complexity index is 492. The monoisotopic (exact) mass is 314 g/mol. The van der Waals surface area contributed by atoms with Crippen molar-refractivity contribution in [3.8, 4) is 5.75 Å². The third kappa shape index (κ3) is 4.61. The third-order valence-electron chi connectivity index (χ3n) is 3.37. The zero-order valence-electron chi connectivity index (χ0n) is 11.7. The van der Waals surface area contributed by atoms with Crippen molar-refractivity contribution in [1.82, 2.24) is 4.90 Å². The van der Waals surface area contributed by atoms with E-state index in [0.29, 0.717) is 24.4 Å². The number of nitrogens with zero attached hydrogens (tertiary/aromatic N) is 1. The molecule has 0 bridgehead atoms. The highest BCUT2D eigenvalue weighted by molar-refractivity contribution is 5.92. The van der Waals surface area contributed by atoms with Gasteiger partial charge in [-0.15, -0.1) is 12.4 Å². The van der Waals surface area contributed by atoms with Crippen LogP contribution in [-0.2, 0) is 9.59 Å². The Morgan fingerprint density at radius 1 is 1.38 bits per heavy atom. The lowest BCUT2D eigenvalue weighted by Gasteiger charge is -2.20. The summed E-state index contributed by atoms with van der Waals surface area (Å²) in [5.74, 6) is -0.350. The Hall–Kier alpha value is -1.79. The lowest BCUT2D eigenvalue weighted by molar-refractivity contribution is -0.142. The van der Waals surface area contributed by atoms with Gasteiger partial charge in [-0.2, -0.15) is 0 Å². The third-order valence-corrected chi connectivity index (χ3v) is 3.37. The van der Waals surface area contributed by atoms with E-state index in [9.17, 15) is 9.59 Å². The predicted octanol–water partition coefficient (Wildman–Crippen LogP) is 1.60. The van der Waals surface area contributed by atoms with E-state index in [-0.39, 0.29) is 24.9 Å². The SMILES string of the molecule is COc1ccc(NC(=O)CN2CCCC2C(=O)O)cc1.Cl. The maximum atomic E-state index is 11.9. The normalized spacial score (nSPS) is 17.9. The minimum atomic E-state index is -0.861. The molecule has 2 rings (SSSR count). The van der Waals surface area contributed by atoms with Crippen molar-refractivity contribution in [3.05, 3.63) is 24.3 Å². The Balaban J connectivity index is 0.00000220. The minimum absolute atomic E-state index is 0. The van der Waals surface area contributed by atoms with Crippen LogP contribution in [0.3, 0.4) is 0 Å². The molecule has 7 heteroatoms. The van der Waals surface area contributed by atoms with Crippen molar-refractivity contribution in [1.29, 1.82) is 0 Å². The zero-order chi connectivity index (χ0) is 14.5. The summed E-state index contributed by atoms with van der Waals surface area (Å²) in [5.41, 5.74) is 0.668. The number of anilines is 1. The molecule has 0 spiro atoms. The number of carboxylic acid groups (broad SMARTS) is 1. The summed E-state index contributed by atoms with van der Waals surface area (Å²) in [5, 5.41) is 11.8. The summed E-state index contributed by atoms with van der Waals surface area (Å²) in [6.45, 7) is 0.746. The van der Waals surface area contributed by atoms with Crippen LogP contribution < -0.4 is 10.1 Å². The largest absolute Gasteiger partial charge is 0.497 e. The first-order valence-electron chi connectivity index (χ1n) is 6.51. The Morgan fingerprint density at radius 2 is 2.05 bits per heavy atom. The standard InChI is InChI=1S/C14H18N2O4.ClH/c1-20-11-6-4-10(5-7-11)15-13(17)9-16-8-2-3-12(16)14(18)19;/h4-7,12H,2-3,8-9H2,1H3,(H,15,17)(H,18,19);1H. The van der Waals surface area contributed by atoms with Gasteiger partial charge < -0.3 is 15.2 Å². The van der Waals surface area contributed by atoms with Gasteiger partial charge in [-0.25, -0.2) is 0 Å². The van der Waals surface area contributed by atoms with Crippen LogP contribution in [0.1, 0.15) is 12.8 Å². The molecule has 1 aromatic carbocycles. The molecule has 116 valence electrons. The summed E-state index contributed by atoms with van der Waals surface area (Å²) < 4.78 is 5.04. The van der Waals surface area contributed by atoms with Crippen molar-refractivity contribution >= 4 is 30.0 Å². The number of benzene rings is 1. The average Bonchev–Trinajstić information content (AvgIpc) is 2.87. The van der Waals surface area contributed by atoms with Crippen LogP contribution in [-0.4, -0.2) is 48.1 Å². The number of halogens is 1. The van der Waals surface area contributed by atoms with Gasteiger partial charge in [0.25, 0.3) is 0 Å². The molecule has 0 radical (unpaired) electrons. The van der Waals surface area contributed by atoms with Crippen molar-refractivity contribution in [3.63, 3.8) is 0 Å². The highest BCUT2D eigenvalue weighted by Gasteiger charge is 2.31. The van der Waals surface area contributed by atoms with E-state index in [1.807, 2.05) is 0 Å². The number of carboxylic acids is 1. The van der Waals surface area contributed by atoms with E-state index >= 15 is 0 Å². The fraction of sp³-hybridized carbons (Fsp3) is 0.429. The molecular formula is C14H19ClN2O4. The van der Waals surface area contributed by atoms with E-state index in [0.717, 1.165) is 6.42 Å². The summed E-state index contributed by atoms with van der Waals surface area (Å²) in [6.07, 6.45) is 1.41. The number of rotatable bonds is 5. The van der Waals surface area contributed by atoms with Crippen molar-refractivity contribution < 1.29 is 19.4 Å². The van der Waals surface area contributed by atoms with Gasteiger partial charge in [-0.3, -0.25) is 14.5 Å². The molecule has 1 amide bonds. The number of ether oxygens (including phenoxy) is 1.